The second kappa shape index (κ2) is 7.80. The van der Waals surface area contributed by atoms with Crippen LogP contribution in [0.2, 0.25) is 0 Å². The maximum Gasteiger partial charge on any atom is 0.0741 e. The molecule has 0 radical (unpaired) electrons. The largest absolute Gasteiger partial charge is 0.377 e. The van der Waals surface area contributed by atoms with E-state index >= 15 is 0 Å². The zero-order valence-electron chi connectivity index (χ0n) is 13.2. The number of benzene rings is 1. The van der Waals surface area contributed by atoms with E-state index in [1.165, 1.54) is 30.4 Å². The van der Waals surface area contributed by atoms with Crippen LogP contribution in [0.5, 0.6) is 0 Å². The molecule has 1 aliphatic carbocycles. The van der Waals surface area contributed by atoms with Gasteiger partial charge in [-0.25, -0.2) is 0 Å². The Balaban J connectivity index is 2.13. The van der Waals surface area contributed by atoms with Crippen molar-refractivity contribution in [3.05, 3.63) is 35.4 Å². The van der Waals surface area contributed by atoms with Crippen LogP contribution in [0.4, 0.5) is 0 Å². The Morgan fingerprint density at radius 2 is 2.10 bits per heavy atom. The smallest absolute Gasteiger partial charge is 0.0741 e. The van der Waals surface area contributed by atoms with Gasteiger partial charge in [0.15, 0.2) is 0 Å². The lowest BCUT2D eigenvalue weighted by Gasteiger charge is -2.29. The molecule has 0 aliphatic heterocycles. The summed E-state index contributed by atoms with van der Waals surface area (Å²) in [5, 5.41) is 3.65. The van der Waals surface area contributed by atoms with Gasteiger partial charge < -0.3 is 10.1 Å². The molecule has 0 amide bonds. The van der Waals surface area contributed by atoms with Crippen molar-refractivity contribution in [1.82, 2.24) is 5.32 Å². The van der Waals surface area contributed by atoms with Crippen LogP contribution >= 0.6 is 0 Å². The van der Waals surface area contributed by atoms with Gasteiger partial charge in [0, 0.05) is 6.61 Å². The highest BCUT2D eigenvalue weighted by Crippen LogP contribution is 2.37. The highest BCUT2D eigenvalue weighted by molar-refractivity contribution is 5.30. The van der Waals surface area contributed by atoms with Gasteiger partial charge in [0.2, 0.25) is 0 Å². The van der Waals surface area contributed by atoms with Crippen LogP contribution in [0.25, 0.3) is 0 Å². The molecule has 0 saturated heterocycles. The summed E-state index contributed by atoms with van der Waals surface area (Å²) < 4.78 is 5.83. The topological polar surface area (TPSA) is 21.3 Å². The lowest BCUT2D eigenvalue weighted by molar-refractivity contribution is 0.0472. The van der Waals surface area contributed by atoms with Gasteiger partial charge in [-0.1, -0.05) is 37.6 Å². The number of ether oxygens (including phenoxy) is 1. The molecule has 1 saturated carbocycles. The number of hydrogen-bond donors (Lipinski definition) is 1. The molecule has 0 spiro atoms. The maximum absolute atomic E-state index is 5.83. The van der Waals surface area contributed by atoms with Gasteiger partial charge in [0.25, 0.3) is 0 Å². The first-order valence-corrected chi connectivity index (χ1v) is 8.21. The monoisotopic (exact) mass is 275 g/mol. The maximum atomic E-state index is 5.83. The third-order valence-electron chi connectivity index (χ3n) is 4.36. The second-order valence-electron chi connectivity index (χ2n) is 5.89. The van der Waals surface area contributed by atoms with Gasteiger partial charge in [-0.2, -0.15) is 0 Å². The highest BCUT2D eigenvalue weighted by Gasteiger charge is 2.23. The fraction of sp³-hybridized carbons (Fsp3) is 0.667. The third-order valence-corrected chi connectivity index (χ3v) is 4.36. The minimum atomic E-state index is 0.211. The van der Waals surface area contributed by atoms with Gasteiger partial charge in [-0.05, 0) is 56.7 Å². The summed E-state index contributed by atoms with van der Waals surface area (Å²) in [6.45, 7) is 8.26. The molecule has 2 atom stereocenters. The van der Waals surface area contributed by atoms with Gasteiger partial charge in [-0.3, -0.25) is 0 Å². The molecule has 1 N–H and O–H groups in total. The van der Waals surface area contributed by atoms with E-state index < -0.39 is 0 Å². The number of nitrogens with one attached hydrogen (secondary N) is 1. The van der Waals surface area contributed by atoms with Crippen molar-refractivity contribution in [2.45, 2.75) is 64.5 Å². The SMILES string of the molecule is CCCNC(c1cccc(C2CCC2)c1)C(C)OCC. The molecule has 0 aromatic heterocycles. The van der Waals surface area contributed by atoms with Gasteiger partial charge >= 0.3 is 0 Å². The van der Waals surface area contributed by atoms with Gasteiger partial charge in [0.1, 0.15) is 0 Å². The van der Waals surface area contributed by atoms with Crippen molar-refractivity contribution in [2.75, 3.05) is 13.2 Å². The Kier molecular flexibility index (Phi) is 6.06. The molecule has 1 aromatic carbocycles. The van der Waals surface area contributed by atoms with Gasteiger partial charge in [0.05, 0.1) is 12.1 Å². The van der Waals surface area contributed by atoms with Crippen LogP contribution in [-0.4, -0.2) is 19.3 Å². The van der Waals surface area contributed by atoms with E-state index in [9.17, 15) is 0 Å². The molecular formula is C18H29NO. The Labute approximate surface area is 123 Å². The van der Waals surface area contributed by atoms with Crippen LogP contribution in [0, 0.1) is 0 Å². The predicted octanol–water partition coefficient (Wildman–Crippen LogP) is 4.42. The predicted molar refractivity (Wildman–Crippen MR) is 85.2 cm³/mol. The fourth-order valence-electron chi connectivity index (χ4n) is 2.96. The first-order valence-electron chi connectivity index (χ1n) is 8.21. The number of hydrogen-bond acceptors (Lipinski definition) is 2. The molecule has 2 nitrogen and oxygen atoms in total. The molecule has 1 aromatic rings. The van der Waals surface area contributed by atoms with E-state index in [1.54, 1.807) is 0 Å². The lowest BCUT2D eigenvalue weighted by atomic mass is 9.79. The summed E-state index contributed by atoms with van der Waals surface area (Å²) in [5.74, 6) is 0.796. The molecule has 0 heterocycles. The first-order chi connectivity index (χ1) is 9.76. The molecule has 2 rings (SSSR count). The molecule has 0 bridgehead atoms. The Hall–Kier alpha value is -0.860. The molecule has 2 heteroatoms. The van der Waals surface area contributed by atoms with E-state index in [-0.39, 0.29) is 6.10 Å². The minimum Gasteiger partial charge on any atom is -0.377 e. The van der Waals surface area contributed by atoms with Crippen molar-refractivity contribution in [3.8, 4) is 0 Å². The average Bonchev–Trinajstić information content (AvgIpc) is 2.38. The van der Waals surface area contributed by atoms with Crippen LogP contribution in [0.15, 0.2) is 24.3 Å². The molecule has 20 heavy (non-hydrogen) atoms. The zero-order chi connectivity index (χ0) is 14.4. The summed E-state index contributed by atoms with van der Waals surface area (Å²) in [6, 6.07) is 9.44. The number of rotatable bonds is 8. The van der Waals surface area contributed by atoms with Gasteiger partial charge in [-0.15, -0.1) is 0 Å². The molecule has 1 fully saturated rings. The summed E-state index contributed by atoms with van der Waals surface area (Å²) >= 11 is 0. The first kappa shape index (κ1) is 15.5. The summed E-state index contributed by atoms with van der Waals surface area (Å²) in [7, 11) is 0. The van der Waals surface area contributed by atoms with Crippen LogP contribution in [0.3, 0.4) is 0 Å². The quantitative estimate of drug-likeness (QED) is 0.758. The fourth-order valence-corrected chi connectivity index (χ4v) is 2.96. The molecule has 2 unspecified atom stereocenters. The van der Waals surface area contributed by atoms with Crippen molar-refractivity contribution in [1.29, 1.82) is 0 Å². The summed E-state index contributed by atoms with van der Waals surface area (Å²) in [6.07, 6.45) is 5.47. The second-order valence-corrected chi connectivity index (χ2v) is 5.89. The van der Waals surface area contributed by atoms with E-state index in [4.69, 9.17) is 4.74 Å². The van der Waals surface area contributed by atoms with Crippen LogP contribution < -0.4 is 5.32 Å². The highest BCUT2D eigenvalue weighted by atomic mass is 16.5. The van der Waals surface area contributed by atoms with E-state index in [0.717, 1.165) is 25.5 Å². The third kappa shape index (κ3) is 3.83. The van der Waals surface area contributed by atoms with Crippen molar-refractivity contribution < 1.29 is 4.74 Å². The normalized spacial score (nSPS) is 18.6. The van der Waals surface area contributed by atoms with Crippen LogP contribution in [-0.2, 0) is 4.74 Å². The molecular weight excluding hydrogens is 246 g/mol. The van der Waals surface area contributed by atoms with E-state index in [0.29, 0.717) is 6.04 Å². The standard InChI is InChI=1S/C18H29NO/c1-4-12-19-18(14(3)20-5-2)17-11-7-10-16(13-17)15-8-6-9-15/h7,10-11,13-15,18-19H,4-6,8-9,12H2,1-3H3. The Morgan fingerprint density at radius 1 is 1.30 bits per heavy atom. The Morgan fingerprint density at radius 3 is 2.70 bits per heavy atom. The van der Waals surface area contributed by atoms with Crippen molar-refractivity contribution >= 4 is 0 Å². The summed E-state index contributed by atoms with van der Waals surface area (Å²) in [4.78, 5) is 0. The molecule has 1 aliphatic rings. The summed E-state index contributed by atoms with van der Waals surface area (Å²) in [5.41, 5.74) is 2.89. The Bertz CT molecular complexity index is 400. The van der Waals surface area contributed by atoms with Crippen molar-refractivity contribution in [3.63, 3.8) is 0 Å². The van der Waals surface area contributed by atoms with Crippen LogP contribution in [0.1, 0.15) is 69.5 Å². The minimum absolute atomic E-state index is 0.211. The average molecular weight is 275 g/mol. The lowest BCUT2D eigenvalue weighted by Crippen LogP contribution is -2.32. The van der Waals surface area contributed by atoms with Crippen molar-refractivity contribution in [2.24, 2.45) is 0 Å². The van der Waals surface area contributed by atoms with E-state index in [1.807, 2.05) is 0 Å². The zero-order valence-corrected chi connectivity index (χ0v) is 13.2. The van der Waals surface area contributed by atoms with E-state index in [2.05, 4.69) is 50.4 Å². The molecule has 112 valence electrons.